The molecule has 3 rings (SSSR count). The molecule has 0 amide bonds. The van der Waals surface area contributed by atoms with E-state index >= 15 is 0 Å². The lowest BCUT2D eigenvalue weighted by Crippen LogP contribution is -2.33. The number of carbonyl (C=O) groups excluding carboxylic acids is 1. The fraction of sp³-hybridized carbons (Fsp3) is 0.562. The van der Waals surface area contributed by atoms with Crippen molar-refractivity contribution < 1.29 is 14.3 Å². The number of isocyanates is 1. The molecule has 0 unspecified atom stereocenters. The van der Waals surface area contributed by atoms with Crippen LogP contribution >= 0.6 is 0 Å². The molecule has 20 heavy (non-hydrogen) atoms. The molecule has 4 heteroatoms. The molecule has 0 saturated heterocycles. The molecule has 106 valence electrons. The Morgan fingerprint density at radius 2 is 1.85 bits per heavy atom. The van der Waals surface area contributed by atoms with Gasteiger partial charge in [-0.05, 0) is 48.4 Å². The molecule has 0 spiro atoms. The van der Waals surface area contributed by atoms with Crippen molar-refractivity contribution in [2.24, 2.45) is 4.99 Å². The third-order valence-electron chi connectivity index (χ3n) is 4.28. The SMILES string of the molecule is CC(C)c1cc2c(cc1C1(N=C=O)CCC1)OCCO2. The van der Waals surface area contributed by atoms with Crippen molar-refractivity contribution in [1.29, 1.82) is 0 Å². The summed E-state index contributed by atoms with van der Waals surface area (Å²) in [5, 5.41) is 0. The quantitative estimate of drug-likeness (QED) is 0.627. The predicted molar refractivity (Wildman–Crippen MR) is 75.2 cm³/mol. The van der Waals surface area contributed by atoms with Crippen LogP contribution in [-0.2, 0) is 10.3 Å². The molecular weight excluding hydrogens is 254 g/mol. The van der Waals surface area contributed by atoms with Crippen molar-refractivity contribution in [1.82, 2.24) is 0 Å². The Kier molecular flexibility index (Phi) is 3.27. The molecule has 0 N–H and O–H groups in total. The van der Waals surface area contributed by atoms with E-state index in [0.717, 1.165) is 36.3 Å². The topological polar surface area (TPSA) is 47.9 Å². The predicted octanol–water partition coefficient (Wildman–Crippen LogP) is 3.30. The summed E-state index contributed by atoms with van der Waals surface area (Å²) >= 11 is 0. The normalized spacial score (nSPS) is 19.1. The third kappa shape index (κ3) is 2.01. The Labute approximate surface area is 118 Å². The van der Waals surface area contributed by atoms with Crippen LogP contribution < -0.4 is 9.47 Å². The van der Waals surface area contributed by atoms with E-state index in [1.54, 1.807) is 6.08 Å². The van der Waals surface area contributed by atoms with E-state index in [4.69, 9.17) is 9.47 Å². The van der Waals surface area contributed by atoms with Crippen molar-refractivity contribution in [3.05, 3.63) is 23.3 Å². The van der Waals surface area contributed by atoms with Gasteiger partial charge in [0.15, 0.2) is 11.5 Å². The van der Waals surface area contributed by atoms with Gasteiger partial charge in [-0.2, -0.15) is 4.99 Å². The van der Waals surface area contributed by atoms with E-state index in [9.17, 15) is 4.79 Å². The average Bonchev–Trinajstić information content (AvgIpc) is 2.41. The molecule has 1 aliphatic heterocycles. The maximum absolute atomic E-state index is 10.8. The van der Waals surface area contributed by atoms with Gasteiger partial charge in [-0.1, -0.05) is 13.8 Å². The highest BCUT2D eigenvalue weighted by Gasteiger charge is 2.41. The van der Waals surface area contributed by atoms with Crippen LogP contribution in [-0.4, -0.2) is 19.3 Å². The number of hydrogen-bond acceptors (Lipinski definition) is 4. The van der Waals surface area contributed by atoms with Crippen molar-refractivity contribution in [2.45, 2.75) is 44.6 Å². The smallest absolute Gasteiger partial charge is 0.235 e. The number of nitrogens with zero attached hydrogens (tertiary/aromatic N) is 1. The van der Waals surface area contributed by atoms with E-state index in [1.807, 2.05) is 6.07 Å². The van der Waals surface area contributed by atoms with E-state index in [-0.39, 0.29) is 0 Å². The largest absolute Gasteiger partial charge is 0.486 e. The summed E-state index contributed by atoms with van der Waals surface area (Å²) in [6.07, 6.45) is 4.66. The first kappa shape index (κ1) is 13.2. The molecule has 4 nitrogen and oxygen atoms in total. The molecule has 1 aromatic carbocycles. The van der Waals surface area contributed by atoms with Gasteiger partial charge >= 0.3 is 0 Å². The number of rotatable bonds is 3. The molecule has 0 bridgehead atoms. The van der Waals surface area contributed by atoms with Gasteiger partial charge in [0.2, 0.25) is 6.08 Å². The first-order chi connectivity index (χ1) is 9.66. The molecule has 0 aromatic heterocycles. The highest BCUT2D eigenvalue weighted by Crippen LogP contribution is 2.50. The molecule has 2 aliphatic rings. The van der Waals surface area contributed by atoms with Crippen LogP contribution in [0.15, 0.2) is 17.1 Å². The second-order valence-corrected chi connectivity index (χ2v) is 5.83. The van der Waals surface area contributed by atoms with Crippen LogP contribution in [0.25, 0.3) is 0 Å². The average molecular weight is 273 g/mol. The highest BCUT2D eigenvalue weighted by molar-refractivity contribution is 5.53. The van der Waals surface area contributed by atoms with Crippen molar-refractivity contribution in [2.75, 3.05) is 13.2 Å². The Morgan fingerprint density at radius 3 is 2.35 bits per heavy atom. The van der Waals surface area contributed by atoms with E-state index in [1.165, 1.54) is 5.56 Å². The first-order valence-electron chi connectivity index (χ1n) is 7.19. The second-order valence-electron chi connectivity index (χ2n) is 5.83. The monoisotopic (exact) mass is 273 g/mol. The molecule has 0 atom stereocenters. The lowest BCUT2D eigenvalue weighted by molar-refractivity contribution is 0.169. The lowest BCUT2D eigenvalue weighted by atomic mass is 9.69. The summed E-state index contributed by atoms with van der Waals surface area (Å²) in [6, 6.07) is 4.07. The zero-order valence-electron chi connectivity index (χ0n) is 11.9. The van der Waals surface area contributed by atoms with Crippen molar-refractivity contribution in [3.63, 3.8) is 0 Å². The molecular formula is C16H19NO3. The van der Waals surface area contributed by atoms with Gasteiger partial charge in [-0.15, -0.1) is 0 Å². The summed E-state index contributed by atoms with van der Waals surface area (Å²) in [4.78, 5) is 14.9. The Morgan fingerprint density at radius 1 is 1.20 bits per heavy atom. The van der Waals surface area contributed by atoms with Crippen molar-refractivity contribution >= 4 is 6.08 Å². The van der Waals surface area contributed by atoms with E-state index < -0.39 is 5.54 Å². The van der Waals surface area contributed by atoms with Gasteiger partial charge < -0.3 is 9.47 Å². The zero-order chi connectivity index (χ0) is 14.2. The standard InChI is InChI=1S/C16H19NO3/c1-11(2)12-8-14-15(20-7-6-19-14)9-13(12)16(17-10-18)4-3-5-16/h8-9,11H,3-7H2,1-2H3. The second kappa shape index (κ2) is 4.95. The Bertz CT molecular complexity index is 569. The number of benzene rings is 1. The van der Waals surface area contributed by atoms with Gasteiger partial charge in [-0.3, -0.25) is 0 Å². The fourth-order valence-electron chi connectivity index (χ4n) is 3.03. The summed E-state index contributed by atoms with van der Waals surface area (Å²) in [7, 11) is 0. The molecule has 1 saturated carbocycles. The van der Waals surface area contributed by atoms with Gasteiger partial charge in [0.25, 0.3) is 0 Å². The summed E-state index contributed by atoms with van der Waals surface area (Å²) in [5.74, 6) is 1.91. The summed E-state index contributed by atoms with van der Waals surface area (Å²) < 4.78 is 11.3. The number of aliphatic imine (C=N–C) groups is 1. The van der Waals surface area contributed by atoms with Gasteiger partial charge in [-0.25, -0.2) is 4.79 Å². The minimum absolute atomic E-state index is 0.347. The fourth-order valence-corrected chi connectivity index (χ4v) is 3.03. The molecule has 1 heterocycles. The van der Waals surface area contributed by atoms with Crippen LogP contribution in [0.3, 0.4) is 0 Å². The maximum Gasteiger partial charge on any atom is 0.235 e. The molecule has 1 fully saturated rings. The Hall–Kier alpha value is -1.80. The summed E-state index contributed by atoms with van der Waals surface area (Å²) in [5.41, 5.74) is 1.90. The third-order valence-corrected chi connectivity index (χ3v) is 4.28. The van der Waals surface area contributed by atoms with Crippen LogP contribution in [0.5, 0.6) is 11.5 Å². The summed E-state index contributed by atoms with van der Waals surface area (Å²) in [6.45, 7) is 5.44. The van der Waals surface area contributed by atoms with Crippen molar-refractivity contribution in [3.8, 4) is 11.5 Å². The van der Waals surface area contributed by atoms with E-state index in [0.29, 0.717) is 19.1 Å². The maximum atomic E-state index is 10.8. The lowest BCUT2D eigenvalue weighted by Gasteiger charge is -2.39. The van der Waals surface area contributed by atoms with Crippen LogP contribution in [0.4, 0.5) is 0 Å². The molecule has 1 aliphatic carbocycles. The van der Waals surface area contributed by atoms with Gasteiger partial charge in [0, 0.05) is 0 Å². The van der Waals surface area contributed by atoms with Crippen LogP contribution in [0.1, 0.15) is 50.2 Å². The van der Waals surface area contributed by atoms with Gasteiger partial charge in [0.05, 0.1) is 5.54 Å². The molecule has 0 radical (unpaired) electrons. The minimum atomic E-state index is -0.392. The number of fused-ring (bicyclic) bond motifs is 1. The number of ether oxygens (including phenoxy) is 2. The van der Waals surface area contributed by atoms with Gasteiger partial charge in [0.1, 0.15) is 13.2 Å². The highest BCUT2D eigenvalue weighted by atomic mass is 16.6. The number of hydrogen-bond donors (Lipinski definition) is 0. The zero-order valence-corrected chi connectivity index (χ0v) is 11.9. The minimum Gasteiger partial charge on any atom is -0.486 e. The van der Waals surface area contributed by atoms with Crippen LogP contribution in [0, 0.1) is 0 Å². The van der Waals surface area contributed by atoms with Crippen LogP contribution in [0.2, 0.25) is 0 Å². The Balaban J connectivity index is 2.15. The molecule has 1 aromatic rings. The van der Waals surface area contributed by atoms with E-state index in [2.05, 4.69) is 24.9 Å². The first-order valence-corrected chi connectivity index (χ1v) is 7.19.